The van der Waals surface area contributed by atoms with Gasteiger partial charge in [0.1, 0.15) is 5.82 Å². The van der Waals surface area contributed by atoms with E-state index in [9.17, 15) is 14.0 Å². The van der Waals surface area contributed by atoms with E-state index < -0.39 is 12.0 Å². The molecule has 0 bridgehead atoms. The molecule has 0 aliphatic heterocycles. The van der Waals surface area contributed by atoms with Gasteiger partial charge in [0.15, 0.2) is 0 Å². The lowest BCUT2D eigenvalue weighted by Gasteiger charge is -2.19. The summed E-state index contributed by atoms with van der Waals surface area (Å²) in [5.41, 5.74) is 1.61. The van der Waals surface area contributed by atoms with Crippen LogP contribution in [0.2, 0.25) is 0 Å². The highest BCUT2D eigenvalue weighted by Crippen LogP contribution is 2.21. The lowest BCUT2D eigenvalue weighted by atomic mass is 9.96. The molecule has 126 valence electrons. The number of benzene rings is 2. The van der Waals surface area contributed by atoms with Crippen molar-refractivity contribution in [2.24, 2.45) is 0 Å². The van der Waals surface area contributed by atoms with Crippen LogP contribution in [-0.2, 0) is 9.59 Å². The maximum absolute atomic E-state index is 13.0. The predicted octanol–water partition coefficient (Wildman–Crippen LogP) is 3.65. The topological polar surface area (TPSA) is 66.4 Å². The van der Waals surface area contributed by atoms with Crippen LogP contribution in [-0.4, -0.2) is 17.0 Å². The third kappa shape index (κ3) is 5.19. The minimum Gasteiger partial charge on any atom is -0.481 e. The van der Waals surface area contributed by atoms with Crippen molar-refractivity contribution >= 4 is 11.9 Å². The Labute approximate surface area is 140 Å². The lowest BCUT2D eigenvalue weighted by molar-refractivity contribution is -0.137. The summed E-state index contributed by atoms with van der Waals surface area (Å²) in [6, 6.07) is 14.5. The van der Waals surface area contributed by atoms with E-state index in [1.54, 1.807) is 36.4 Å². The first-order valence-corrected chi connectivity index (χ1v) is 7.77. The van der Waals surface area contributed by atoms with Gasteiger partial charge in [0, 0.05) is 6.42 Å². The lowest BCUT2D eigenvalue weighted by Crippen LogP contribution is -2.30. The Morgan fingerprint density at radius 2 is 1.62 bits per heavy atom. The van der Waals surface area contributed by atoms with E-state index >= 15 is 0 Å². The highest BCUT2D eigenvalue weighted by Gasteiger charge is 2.19. The van der Waals surface area contributed by atoms with Gasteiger partial charge in [-0.25, -0.2) is 4.39 Å². The quantitative estimate of drug-likeness (QED) is 0.815. The van der Waals surface area contributed by atoms with E-state index in [-0.39, 0.29) is 30.5 Å². The van der Waals surface area contributed by atoms with Crippen molar-refractivity contribution in [3.63, 3.8) is 0 Å². The molecule has 1 amide bonds. The van der Waals surface area contributed by atoms with Gasteiger partial charge in [0.25, 0.3) is 0 Å². The largest absolute Gasteiger partial charge is 0.481 e. The number of rotatable bonds is 7. The zero-order valence-electron chi connectivity index (χ0n) is 13.4. The number of halogens is 1. The van der Waals surface area contributed by atoms with Crippen LogP contribution in [0.1, 0.15) is 42.9 Å². The molecule has 0 aromatic heterocycles. The molecule has 2 aromatic carbocycles. The Balaban J connectivity index is 2.02. The number of amides is 1. The summed E-state index contributed by atoms with van der Waals surface area (Å²) in [7, 11) is 0. The highest BCUT2D eigenvalue weighted by atomic mass is 19.1. The van der Waals surface area contributed by atoms with E-state index in [2.05, 4.69) is 5.32 Å². The zero-order valence-corrected chi connectivity index (χ0v) is 13.4. The van der Waals surface area contributed by atoms with Gasteiger partial charge in [-0.15, -0.1) is 0 Å². The maximum atomic E-state index is 13.0. The normalized spacial score (nSPS) is 13.1. The van der Waals surface area contributed by atoms with Crippen LogP contribution in [0.5, 0.6) is 0 Å². The molecule has 2 atom stereocenters. The minimum absolute atomic E-state index is 0.0909. The zero-order chi connectivity index (χ0) is 17.5. The Morgan fingerprint density at radius 3 is 2.21 bits per heavy atom. The van der Waals surface area contributed by atoms with E-state index in [1.807, 2.05) is 13.0 Å². The van der Waals surface area contributed by atoms with Crippen LogP contribution in [0.25, 0.3) is 0 Å². The monoisotopic (exact) mass is 329 g/mol. The minimum atomic E-state index is -0.976. The smallest absolute Gasteiger partial charge is 0.305 e. The molecule has 2 rings (SSSR count). The van der Waals surface area contributed by atoms with Crippen molar-refractivity contribution in [1.82, 2.24) is 5.32 Å². The Bertz CT molecular complexity index is 686. The van der Waals surface area contributed by atoms with E-state index in [4.69, 9.17) is 5.11 Å². The van der Waals surface area contributed by atoms with Gasteiger partial charge < -0.3 is 10.4 Å². The average molecular weight is 329 g/mol. The van der Waals surface area contributed by atoms with Crippen molar-refractivity contribution in [2.75, 3.05) is 0 Å². The number of carbonyl (C=O) groups excluding carboxylic acids is 1. The molecular formula is C19H20FNO3. The summed E-state index contributed by atoms with van der Waals surface area (Å²) in [5.74, 6) is -1.62. The third-order valence-electron chi connectivity index (χ3n) is 3.85. The van der Waals surface area contributed by atoms with Gasteiger partial charge in [-0.05, 0) is 29.2 Å². The van der Waals surface area contributed by atoms with Crippen LogP contribution in [0.3, 0.4) is 0 Å². The molecule has 0 aliphatic rings. The Morgan fingerprint density at radius 1 is 1.00 bits per heavy atom. The molecule has 5 heteroatoms. The molecule has 0 aliphatic carbocycles. The average Bonchev–Trinajstić information content (AvgIpc) is 2.55. The highest BCUT2D eigenvalue weighted by molar-refractivity contribution is 5.78. The summed E-state index contributed by atoms with van der Waals surface area (Å²) >= 11 is 0. The van der Waals surface area contributed by atoms with E-state index in [1.165, 1.54) is 12.1 Å². The fourth-order valence-electron chi connectivity index (χ4n) is 2.55. The van der Waals surface area contributed by atoms with Gasteiger partial charge in [0.2, 0.25) is 5.91 Å². The Hall–Kier alpha value is -2.69. The van der Waals surface area contributed by atoms with Crippen LogP contribution in [0.4, 0.5) is 4.39 Å². The van der Waals surface area contributed by atoms with Gasteiger partial charge in [0.05, 0.1) is 12.5 Å². The van der Waals surface area contributed by atoms with Crippen molar-refractivity contribution in [1.29, 1.82) is 0 Å². The van der Waals surface area contributed by atoms with E-state index in [0.29, 0.717) is 0 Å². The van der Waals surface area contributed by atoms with Crippen LogP contribution in [0, 0.1) is 5.82 Å². The second kappa shape index (κ2) is 8.24. The summed E-state index contributed by atoms with van der Waals surface area (Å²) in [6.07, 6.45) is 0.0231. The summed E-state index contributed by atoms with van der Waals surface area (Å²) in [6.45, 7) is 1.88. The van der Waals surface area contributed by atoms with Gasteiger partial charge in [-0.2, -0.15) is 0 Å². The molecule has 4 nitrogen and oxygen atoms in total. The summed E-state index contributed by atoms with van der Waals surface area (Å²) in [5, 5.41) is 11.8. The molecule has 0 heterocycles. The van der Waals surface area contributed by atoms with Crippen molar-refractivity contribution < 1.29 is 19.1 Å². The number of nitrogens with one attached hydrogen (secondary N) is 1. The van der Waals surface area contributed by atoms with Crippen LogP contribution >= 0.6 is 0 Å². The fraction of sp³-hybridized carbons (Fsp3) is 0.263. The predicted molar refractivity (Wildman–Crippen MR) is 89.0 cm³/mol. The molecule has 0 saturated carbocycles. The number of hydrogen-bond donors (Lipinski definition) is 2. The molecule has 24 heavy (non-hydrogen) atoms. The molecule has 0 spiro atoms. The molecule has 0 fully saturated rings. The first-order valence-electron chi connectivity index (χ1n) is 7.77. The van der Waals surface area contributed by atoms with Gasteiger partial charge >= 0.3 is 5.97 Å². The summed E-state index contributed by atoms with van der Waals surface area (Å²) < 4.78 is 13.0. The first kappa shape index (κ1) is 17.7. The fourth-order valence-corrected chi connectivity index (χ4v) is 2.55. The van der Waals surface area contributed by atoms with Crippen molar-refractivity contribution in [3.05, 3.63) is 71.5 Å². The second-order valence-corrected chi connectivity index (χ2v) is 5.79. The molecule has 0 radical (unpaired) electrons. The number of carboxylic acids is 1. The Kier molecular flexibility index (Phi) is 6.07. The van der Waals surface area contributed by atoms with Crippen molar-refractivity contribution in [2.45, 2.75) is 31.7 Å². The van der Waals surface area contributed by atoms with Crippen molar-refractivity contribution in [3.8, 4) is 0 Å². The maximum Gasteiger partial charge on any atom is 0.305 e. The third-order valence-corrected chi connectivity index (χ3v) is 3.85. The summed E-state index contributed by atoms with van der Waals surface area (Å²) in [4.78, 5) is 23.3. The molecule has 0 saturated heterocycles. The molecule has 2 unspecified atom stereocenters. The number of carboxylic acid groups (broad SMARTS) is 1. The van der Waals surface area contributed by atoms with Crippen LogP contribution in [0.15, 0.2) is 54.6 Å². The number of aliphatic carboxylic acids is 1. The second-order valence-electron chi connectivity index (χ2n) is 5.79. The first-order chi connectivity index (χ1) is 11.5. The molecule has 2 aromatic rings. The molecule has 2 N–H and O–H groups in total. The van der Waals surface area contributed by atoms with Gasteiger partial charge in [-0.3, -0.25) is 9.59 Å². The number of hydrogen-bond acceptors (Lipinski definition) is 2. The number of carbonyl (C=O) groups is 2. The standard InChI is InChI=1S/C19H20FNO3/c1-13(14-7-9-16(20)10-8-14)11-18(22)21-17(12-19(23)24)15-5-3-2-4-6-15/h2-10,13,17H,11-12H2,1H3,(H,21,22)(H,23,24). The van der Waals surface area contributed by atoms with E-state index in [0.717, 1.165) is 11.1 Å². The molecular weight excluding hydrogens is 309 g/mol. The van der Waals surface area contributed by atoms with Gasteiger partial charge in [-0.1, -0.05) is 49.4 Å². The van der Waals surface area contributed by atoms with Crippen LogP contribution < -0.4 is 5.32 Å². The SMILES string of the molecule is CC(CC(=O)NC(CC(=O)O)c1ccccc1)c1ccc(F)cc1.